The number of nitrogens with zero attached hydrogens (tertiary/aromatic N) is 2. The first-order valence-corrected chi connectivity index (χ1v) is 16.4. The SMILES string of the molecule is CO.O=C(O)c1ccc(N2CC(COCc3ccccc3)C2)cc1CO.O=C1OCc2cc(N3CC(COCc4ccccc4)C3)ccc21.[Na+].[OH-]. The van der Waals surface area contributed by atoms with Gasteiger partial charge in [-0.1, -0.05) is 60.7 Å². The average molecular weight is 709 g/mol. The molecule has 2 saturated heterocycles. The number of carboxylic acid groups (broad SMARTS) is 1. The molecule has 3 aliphatic rings. The zero-order valence-corrected chi connectivity index (χ0v) is 31.2. The van der Waals surface area contributed by atoms with Gasteiger partial charge in [0.1, 0.15) is 6.61 Å². The summed E-state index contributed by atoms with van der Waals surface area (Å²) in [7, 11) is 1.00. The number of hydrogen-bond donors (Lipinski definition) is 3. The van der Waals surface area contributed by atoms with Crippen LogP contribution in [0.1, 0.15) is 43.0 Å². The summed E-state index contributed by atoms with van der Waals surface area (Å²) in [5.74, 6) is -0.168. The molecule has 0 atom stereocenters. The Morgan fingerprint density at radius 3 is 1.75 bits per heavy atom. The molecule has 7 rings (SSSR count). The zero-order chi connectivity index (χ0) is 34.6. The zero-order valence-electron chi connectivity index (χ0n) is 29.2. The van der Waals surface area contributed by atoms with E-state index >= 15 is 0 Å². The summed E-state index contributed by atoms with van der Waals surface area (Å²) in [5, 5.41) is 25.4. The first-order valence-electron chi connectivity index (χ1n) is 16.4. The van der Waals surface area contributed by atoms with Crippen LogP contribution in [0.3, 0.4) is 0 Å². The van der Waals surface area contributed by atoms with Gasteiger partial charge in [0, 0.05) is 62.1 Å². The van der Waals surface area contributed by atoms with Crippen LogP contribution in [-0.2, 0) is 40.6 Å². The van der Waals surface area contributed by atoms with E-state index in [1.54, 1.807) is 18.2 Å². The van der Waals surface area contributed by atoms with Crippen molar-refractivity contribution in [2.75, 3.05) is 56.3 Å². The van der Waals surface area contributed by atoms with E-state index in [-0.39, 0.29) is 53.2 Å². The number of anilines is 2. The molecular weight excluding hydrogens is 663 g/mol. The Bertz CT molecular complexity index is 1660. The van der Waals surface area contributed by atoms with E-state index in [4.69, 9.17) is 24.4 Å². The Morgan fingerprint density at radius 2 is 1.25 bits per heavy atom. The van der Waals surface area contributed by atoms with Gasteiger partial charge in [0.25, 0.3) is 0 Å². The molecule has 0 bridgehead atoms. The predicted octanol–water partition coefficient (Wildman–Crippen LogP) is 1.98. The van der Waals surface area contributed by atoms with Gasteiger partial charge in [0.05, 0.1) is 44.2 Å². The summed E-state index contributed by atoms with van der Waals surface area (Å²) >= 11 is 0. The maximum absolute atomic E-state index is 11.5. The van der Waals surface area contributed by atoms with Gasteiger partial charge in [-0.25, -0.2) is 9.59 Å². The molecule has 12 heteroatoms. The Hall–Kier alpha value is -3.78. The van der Waals surface area contributed by atoms with E-state index < -0.39 is 5.97 Å². The summed E-state index contributed by atoms with van der Waals surface area (Å²) in [4.78, 5) is 27.0. The standard InChI is InChI=1S/C19H21NO4.C19H19NO3.CH4O.Na.H2O/c21-11-16-8-17(6-7-18(16)19(22)23)20-9-15(10-20)13-24-12-14-4-2-1-3-5-14;21-19-18-7-6-17(8-16(18)13-23-19)20-9-15(10-20)12-22-11-14-4-2-1-3-5-14;1-2;;/h1-8,15,21H,9-13H2,(H,22,23);1-8,15H,9-13H2;2H,1H3;;1H2/q;;;+1;/p-1. The van der Waals surface area contributed by atoms with Gasteiger partial charge in [0.2, 0.25) is 0 Å². The van der Waals surface area contributed by atoms with Crippen LogP contribution in [0.25, 0.3) is 0 Å². The molecule has 0 aliphatic carbocycles. The van der Waals surface area contributed by atoms with Crippen molar-refractivity contribution in [2.24, 2.45) is 11.8 Å². The number of carbonyl (C=O) groups excluding carboxylic acids is 1. The number of aliphatic hydroxyl groups excluding tert-OH is 2. The third kappa shape index (κ3) is 11.4. The van der Waals surface area contributed by atoms with E-state index in [9.17, 15) is 14.7 Å². The second-order valence-corrected chi connectivity index (χ2v) is 12.3. The van der Waals surface area contributed by atoms with Crippen molar-refractivity contribution in [1.82, 2.24) is 0 Å². The molecule has 0 unspecified atom stereocenters. The first kappa shape index (κ1) is 41.6. The molecular formula is C39H45N2NaO9. The van der Waals surface area contributed by atoms with Crippen molar-refractivity contribution in [3.63, 3.8) is 0 Å². The maximum atomic E-state index is 11.5. The molecule has 0 amide bonds. The number of carboxylic acids is 1. The summed E-state index contributed by atoms with van der Waals surface area (Å²) in [6.07, 6.45) is 0. The molecule has 0 aromatic heterocycles. The topological polar surface area (TPSA) is 159 Å². The number of carbonyl (C=O) groups is 2. The fourth-order valence-corrected chi connectivity index (χ4v) is 6.04. The Labute approximate surface area is 321 Å². The second kappa shape index (κ2) is 20.9. The molecule has 3 heterocycles. The van der Waals surface area contributed by atoms with Crippen LogP contribution in [0.4, 0.5) is 11.4 Å². The molecule has 0 radical (unpaired) electrons. The Kier molecular flexibility index (Phi) is 17.1. The third-order valence-electron chi connectivity index (χ3n) is 8.73. The molecule has 0 saturated carbocycles. The van der Waals surface area contributed by atoms with Crippen LogP contribution >= 0.6 is 0 Å². The molecule has 3 aliphatic heterocycles. The molecule has 266 valence electrons. The van der Waals surface area contributed by atoms with Gasteiger partial charge in [-0.15, -0.1) is 0 Å². The van der Waals surface area contributed by atoms with Crippen LogP contribution in [0.5, 0.6) is 0 Å². The molecule has 4 N–H and O–H groups in total. The molecule has 2 fully saturated rings. The van der Waals surface area contributed by atoms with Crippen LogP contribution in [0, 0.1) is 11.8 Å². The Balaban J connectivity index is 0.000000253. The minimum Gasteiger partial charge on any atom is -0.870 e. The number of aromatic carboxylic acids is 1. The van der Waals surface area contributed by atoms with Crippen molar-refractivity contribution >= 4 is 23.3 Å². The second-order valence-electron chi connectivity index (χ2n) is 12.3. The van der Waals surface area contributed by atoms with E-state index in [2.05, 4.69) is 28.0 Å². The number of cyclic esters (lactones) is 1. The largest absolute Gasteiger partial charge is 1.00 e. The molecule has 0 spiro atoms. The van der Waals surface area contributed by atoms with Gasteiger partial charge in [-0.2, -0.15) is 0 Å². The summed E-state index contributed by atoms with van der Waals surface area (Å²) in [5.41, 5.74) is 6.81. The van der Waals surface area contributed by atoms with Crippen molar-refractivity contribution in [3.05, 3.63) is 130 Å². The Morgan fingerprint density at radius 1 is 0.765 bits per heavy atom. The van der Waals surface area contributed by atoms with Crippen molar-refractivity contribution in [3.8, 4) is 0 Å². The minimum atomic E-state index is -1.01. The van der Waals surface area contributed by atoms with Crippen LogP contribution in [0.15, 0.2) is 97.1 Å². The number of esters is 1. The van der Waals surface area contributed by atoms with Crippen molar-refractivity contribution in [2.45, 2.75) is 26.4 Å². The third-order valence-corrected chi connectivity index (χ3v) is 8.73. The quantitative estimate of drug-likeness (QED) is 0.146. The first-order chi connectivity index (χ1) is 24.0. The number of aliphatic hydroxyl groups is 2. The van der Waals surface area contributed by atoms with Crippen LogP contribution in [-0.4, -0.2) is 79.2 Å². The van der Waals surface area contributed by atoms with Gasteiger partial charge >= 0.3 is 41.5 Å². The average Bonchev–Trinajstić information content (AvgIpc) is 3.48. The fourth-order valence-electron chi connectivity index (χ4n) is 6.04. The summed E-state index contributed by atoms with van der Waals surface area (Å²) < 4.78 is 16.6. The van der Waals surface area contributed by atoms with E-state index in [0.29, 0.717) is 49.4 Å². The van der Waals surface area contributed by atoms with Gasteiger partial charge in [-0.05, 0) is 53.1 Å². The predicted molar refractivity (Wildman–Crippen MR) is 189 cm³/mol. The van der Waals surface area contributed by atoms with Crippen LogP contribution in [0.2, 0.25) is 0 Å². The normalized spacial score (nSPS) is 14.5. The smallest absolute Gasteiger partial charge is 0.870 e. The number of rotatable bonds is 12. The van der Waals surface area contributed by atoms with Crippen molar-refractivity contribution < 1.29 is 74.2 Å². The maximum Gasteiger partial charge on any atom is 1.00 e. The summed E-state index contributed by atoms with van der Waals surface area (Å²) in [6, 6.07) is 31.4. The van der Waals surface area contributed by atoms with Crippen LogP contribution < -0.4 is 39.4 Å². The molecule has 11 nitrogen and oxygen atoms in total. The van der Waals surface area contributed by atoms with E-state index in [0.717, 1.165) is 51.1 Å². The minimum absolute atomic E-state index is 0. The van der Waals surface area contributed by atoms with E-state index in [1.165, 1.54) is 16.8 Å². The molecule has 4 aromatic rings. The number of benzene rings is 4. The van der Waals surface area contributed by atoms with Gasteiger partial charge in [-0.3, -0.25) is 0 Å². The molecule has 51 heavy (non-hydrogen) atoms. The summed E-state index contributed by atoms with van der Waals surface area (Å²) in [6.45, 7) is 6.70. The number of fused-ring (bicyclic) bond motifs is 1. The number of ether oxygens (including phenoxy) is 3. The fraction of sp³-hybridized carbons (Fsp3) is 0.333. The number of hydrogen-bond acceptors (Lipinski definition) is 10. The van der Waals surface area contributed by atoms with E-state index in [1.807, 2.05) is 60.7 Å². The monoisotopic (exact) mass is 708 g/mol. The van der Waals surface area contributed by atoms with Gasteiger partial charge in [0.15, 0.2) is 0 Å². The van der Waals surface area contributed by atoms with Gasteiger partial charge < -0.3 is 44.8 Å². The molecule has 4 aromatic carbocycles. The van der Waals surface area contributed by atoms with Crippen molar-refractivity contribution in [1.29, 1.82) is 0 Å².